The molecule has 1 aromatic heterocycles. The fourth-order valence-corrected chi connectivity index (χ4v) is 2.89. The Bertz CT molecular complexity index is 292. The van der Waals surface area contributed by atoms with Crippen LogP contribution in [0.2, 0.25) is 0 Å². The van der Waals surface area contributed by atoms with Crippen LogP contribution in [0.5, 0.6) is 0 Å². The van der Waals surface area contributed by atoms with E-state index in [2.05, 4.69) is 44.2 Å². The van der Waals surface area contributed by atoms with Crippen molar-refractivity contribution in [3.05, 3.63) is 20.8 Å². The second kappa shape index (κ2) is 4.75. The molecule has 1 aromatic rings. The molecule has 1 aliphatic rings. The Morgan fingerprint density at radius 1 is 1.36 bits per heavy atom. The van der Waals surface area contributed by atoms with Crippen molar-refractivity contribution >= 4 is 27.3 Å². The minimum atomic E-state index is 1.11. The van der Waals surface area contributed by atoms with Gasteiger partial charge in [0.2, 0.25) is 0 Å². The molecule has 78 valence electrons. The third kappa shape index (κ3) is 2.79. The lowest BCUT2D eigenvalue weighted by Gasteiger charge is -2.32. The number of rotatable bonds is 2. The molecule has 0 saturated carbocycles. The van der Waals surface area contributed by atoms with Crippen LogP contribution in [0.15, 0.2) is 15.2 Å². The van der Waals surface area contributed by atoms with E-state index in [9.17, 15) is 0 Å². The molecule has 0 atom stereocenters. The molecule has 2 nitrogen and oxygen atoms in total. The van der Waals surface area contributed by atoms with Gasteiger partial charge in [-0.1, -0.05) is 0 Å². The van der Waals surface area contributed by atoms with Gasteiger partial charge in [0.05, 0.1) is 3.79 Å². The molecule has 0 unspecified atom stereocenters. The molecule has 0 aliphatic carbocycles. The molecule has 0 N–H and O–H groups in total. The smallest absolute Gasteiger partial charge is 0.0701 e. The summed E-state index contributed by atoms with van der Waals surface area (Å²) in [5.74, 6) is 0. The molecular formula is C10H15BrN2S. The van der Waals surface area contributed by atoms with Crippen LogP contribution in [-0.4, -0.2) is 43.0 Å². The highest BCUT2D eigenvalue weighted by Gasteiger charge is 2.13. The Balaban J connectivity index is 1.86. The first kappa shape index (κ1) is 10.6. The van der Waals surface area contributed by atoms with Crippen molar-refractivity contribution in [2.45, 2.75) is 6.54 Å². The van der Waals surface area contributed by atoms with Crippen LogP contribution in [0.25, 0.3) is 0 Å². The fourth-order valence-electron chi connectivity index (χ4n) is 1.69. The Hall–Kier alpha value is 0.100. The zero-order chi connectivity index (χ0) is 9.97. The van der Waals surface area contributed by atoms with E-state index >= 15 is 0 Å². The molecule has 1 aliphatic heterocycles. The van der Waals surface area contributed by atoms with E-state index in [-0.39, 0.29) is 0 Å². The average Bonchev–Trinajstić information content (AvgIpc) is 2.56. The molecule has 1 fully saturated rings. The van der Waals surface area contributed by atoms with Gasteiger partial charge in [-0.3, -0.25) is 4.90 Å². The number of hydrogen-bond donors (Lipinski definition) is 0. The van der Waals surface area contributed by atoms with Crippen LogP contribution in [0, 0.1) is 0 Å². The van der Waals surface area contributed by atoms with Crippen LogP contribution in [0.4, 0.5) is 0 Å². The van der Waals surface area contributed by atoms with Crippen LogP contribution in [0.1, 0.15) is 5.56 Å². The Morgan fingerprint density at radius 3 is 2.64 bits per heavy atom. The van der Waals surface area contributed by atoms with Gasteiger partial charge in [0.1, 0.15) is 0 Å². The normalized spacial score (nSPS) is 20.1. The third-order valence-electron chi connectivity index (χ3n) is 2.62. The summed E-state index contributed by atoms with van der Waals surface area (Å²) in [5, 5.41) is 2.24. The zero-order valence-corrected chi connectivity index (χ0v) is 10.8. The van der Waals surface area contributed by atoms with Crippen molar-refractivity contribution in [3.8, 4) is 0 Å². The van der Waals surface area contributed by atoms with E-state index in [0.29, 0.717) is 0 Å². The summed E-state index contributed by atoms with van der Waals surface area (Å²) in [4.78, 5) is 4.91. The van der Waals surface area contributed by atoms with E-state index in [1.165, 1.54) is 35.5 Å². The first-order valence-electron chi connectivity index (χ1n) is 4.88. The van der Waals surface area contributed by atoms with Gasteiger partial charge < -0.3 is 4.90 Å². The van der Waals surface area contributed by atoms with Crippen molar-refractivity contribution in [2.75, 3.05) is 33.2 Å². The van der Waals surface area contributed by atoms with E-state index in [0.717, 1.165) is 6.54 Å². The average molecular weight is 275 g/mol. The predicted molar refractivity (Wildman–Crippen MR) is 64.8 cm³/mol. The van der Waals surface area contributed by atoms with Crippen LogP contribution < -0.4 is 0 Å². The van der Waals surface area contributed by atoms with E-state index in [4.69, 9.17) is 0 Å². The zero-order valence-electron chi connectivity index (χ0n) is 8.37. The minimum absolute atomic E-state index is 1.11. The van der Waals surface area contributed by atoms with Gasteiger partial charge in [0.25, 0.3) is 0 Å². The maximum absolute atomic E-state index is 3.50. The molecule has 0 amide bonds. The van der Waals surface area contributed by atoms with Gasteiger partial charge in [0, 0.05) is 32.7 Å². The first-order chi connectivity index (χ1) is 6.74. The number of thiophene rings is 1. The summed E-state index contributed by atoms with van der Waals surface area (Å²) in [5.41, 5.74) is 1.44. The molecule has 1 saturated heterocycles. The number of halogens is 1. The standard InChI is InChI=1S/C10H15BrN2S/c1-12-2-4-13(5-3-12)7-9-6-10(11)14-8-9/h6,8H,2-5,7H2,1H3. The highest BCUT2D eigenvalue weighted by molar-refractivity contribution is 9.11. The molecule has 0 bridgehead atoms. The van der Waals surface area contributed by atoms with Crippen molar-refractivity contribution in [1.82, 2.24) is 9.80 Å². The second-order valence-corrected chi connectivity index (χ2v) is 6.13. The van der Waals surface area contributed by atoms with Crippen LogP contribution >= 0.6 is 27.3 Å². The number of hydrogen-bond acceptors (Lipinski definition) is 3. The van der Waals surface area contributed by atoms with Gasteiger partial charge >= 0.3 is 0 Å². The molecule has 2 rings (SSSR count). The largest absolute Gasteiger partial charge is 0.304 e. The monoisotopic (exact) mass is 274 g/mol. The van der Waals surface area contributed by atoms with E-state index in [1.807, 2.05) is 0 Å². The van der Waals surface area contributed by atoms with Crippen molar-refractivity contribution in [1.29, 1.82) is 0 Å². The molecule has 0 aromatic carbocycles. The van der Waals surface area contributed by atoms with E-state index in [1.54, 1.807) is 11.3 Å². The Kier molecular flexibility index (Phi) is 3.60. The lowest BCUT2D eigenvalue weighted by Crippen LogP contribution is -2.43. The molecule has 0 spiro atoms. The second-order valence-electron chi connectivity index (χ2n) is 3.84. The fraction of sp³-hybridized carbons (Fsp3) is 0.600. The summed E-state index contributed by atoms with van der Waals surface area (Å²) in [6.45, 7) is 5.90. The Morgan fingerprint density at radius 2 is 2.07 bits per heavy atom. The summed E-state index contributed by atoms with van der Waals surface area (Å²) in [6.07, 6.45) is 0. The summed E-state index contributed by atoms with van der Waals surface area (Å²) < 4.78 is 1.24. The maximum atomic E-state index is 3.50. The predicted octanol–water partition coefficient (Wildman–Crippen LogP) is 2.26. The van der Waals surface area contributed by atoms with Gasteiger partial charge in [-0.2, -0.15) is 0 Å². The lowest BCUT2D eigenvalue weighted by atomic mass is 10.2. The van der Waals surface area contributed by atoms with Crippen LogP contribution in [-0.2, 0) is 6.54 Å². The van der Waals surface area contributed by atoms with Gasteiger partial charge in [-0.25, -0.2) is 0 Å². The summed E-state index contributed by atoms with van der Waals surface area (Å²) >= 11 is 5.27. The number of piperazine rings is 1. The molecule has 14 heavy (non-hydrogen) atoms. The van der Waals surface area contributed by atoms with Crippen LogP contribution in [0.3, 0.4) is 0 Å². The summed E-state index contributed by atoms with van der Waals surface area (Å²) in [6, 6.07) is 2.23. The maximum Gasteiger partial charge on any atom is 0.0701 e. The topological polar surface area (TPSA) is 6.48 Å². The lowest BCUT2D eigenvalue weighted by molar-refractivity contribution is 0.148. The quantitative estimate of drug-likeness (QED) is 0.817. The van der Waals surface area contributed by atoms with E-state index < -0.39 is 0 Å². The van der Waals surface area contributed by atoms with Crippen molar-refractivity contribution in [2.24, 2.45) is 0 Å². The van der Waals surface area contributed by atoms with Gasteiger partial charge in [-0.05, 0) is 40.0 Å². The van der Waals surface area contributed by atoms with Gasteiger partial charge in [0.15, 0.2) is 0 Å². The number of likely N-dealkylation sites (N-methyl/N-ethyl adjacent to an activating group) is 1. The molecule has 0 radical (unpaired) electrons. The highest BCUT2D eigenvalue weighted by atomic mass is 79.9. The van der Waals surface area contributed by atoms with Crippen molar-refractivity contribution < 1.29 is 0 Å². The summed E-state index contributed by atoms with van der Waals surface area (Å²) in [7, 11) is 2.19. The number of nitrogens with zero attached hydrogens (tertiary/aromatic N) is 2. The molecular weight excluding hydrogens is 260 g/mol. The first-order valence-corrected chi connectivity index (χ1v) is 6.55. The molecule has 4 heteroatoms. The highest BCUT2D eigenvalue weighted by Crippen LogP contribution is 2.21. The van der Waals surface area contributed by atoms with Crippen molar-refractivity contribution in [3.63, 3.8) is 0 Å². The Labute approximate surface area is 97.6 Å². The SMILES string of the molecule is CN1CCN(Cc2csc(Br)c2)CC1. The minimum Gasteiger partial charge on any atom is -0.304 e. The third-order valence-corrected chi connectivity index (χ3v) is 4.18. The van der Waals surface area contributed by atoms with Gasteiger partial charge in [-0.15, -0.1) is 11.3 Å². The molecule has 2 heterocycles.